The third-order valence-electron chi connectivity index (χ3n) is 6.60. The Morgan fingerprint density at radius 1 is 0.978 bits per heavy atom. The molecule has 0 saturated carbocycles. The first-order chi connectivity index (χ1) is 20.6. The van der Waals surface area contributed by atoms with Gasteiger partial charge in [-0.3, -0.25) is 4.90 Å². The first-order valence-corrected chi connectivity index (χ1v) is 15.6. The van der Waals surface area contributed by atoms with Gasteiger partial charge in [0, 0.05) is 6.54 Å². The lowest BCUT2D eigenvalue weighted by atomic mass is 10.0. The van der Waals surface area contributed by atoms with Crippen LogP contribution >= 0.6 is 15.5 Å². The van der Waals surface area contributed by atoms with E-state index in [0.717, 1.165) is 19.1 Å². The van der Waals surface area contributed by atoms with Gasteiger partial charge in [-0.15, -0.1) is 9.55 Å². The third-order valence-corrected chi connectivity index (χ3v) is 8.28. The normalized spacial score (nSPS) is 19.6. The number of aromatic nitrogens is 3. The molecule has 1 aliphatic rings. The summed E-state index contributed by atoms with van der Waals surface area (Å²) in [7, 11) is -11.1. The van der Waals surface area contributed by atoms with Crippen molar-refractivity contribution < 1.29 is 68.9 Å². The fourth-order valence-corrected chi connectivity index (χ4v) is 5.92. The van der Waals surface area contributed by atoms with Crippen LogP contribution in [0.1, 0.15) is 47.1 Å². The standard InChI is InChI=1S/C23H23F7N4O9P2/c1-12(14-8-15(22(25,26)27)10-16(9-14)23(28,29)30)43-20-19(13-2-4-17(24)5-3-13)32(6-7-42-20)11-18-31-34(45(39,40)41)21(35)33(18)44(36,37)38/h2-5,8-10,12,19-20H,6-7,11H2,1H3,(H2,36,37,38)(H2,39,40,41)/t12-,19+,20-/m1/s1. The summed E-state index contributed by atoms with van der Waals surface area (Å²) in [5.41, 5.74) is -5.40. The number of benzene rings is 2. The average Bonchev–Trinajstić information content (AvgIpc) is 3.25. The molecule has 0 radical (unpaired) electrons. The Balaban J connectivity index is 1.76. The minimum absolute atomic E-state index is 0.0618. The number of hydrogen-bond acceptors (Lipinski definition) is 7. The van der Waals surface area contributed by atoms with E-state index in [4.69, 9.17) is 9.47 Å². The summed E-state index contributed by atoms with van der Waals surface area (Å²) < 4.78 is 129. The molecule has 0 spiro atoms. The Morgan fingerprint density at radius 3 is 2.02 bits per heavy atom. The van der Waals surface area contributed by atoms with E-state index in [-0.39, 0.29) is 29.1 Å². The zero-order chi connectivity index (χ0) is 33.7. The molecule has 4 N–H and O–H groups in total. The molecule has 1 saturated heterocycles. The number of rotatable bonds is 8. The number of morpholine rings is 1. The van der Waals surface area contributed by atoms with Gasteiger partial charge in [-0.1, -0.05) is 12.1 Å². The maximum absolute atomic E-state index is 13.8. The van der Waals surface area contributed by atoms with Crippen LogP contribution in [0.25, 0.3) is 0 Å². The Morgan fingerprint density at radius 2 is 1.53 bits per heavy atom. The van der Waals surface area contributed by atoms with Crippen LogP contribution in [0, 0.1) is 5.82 Å². The summed E-state index contributed by atoms with van der Waals surface area (Å²) in [6, 6.07) is 4.06. The van der Waals surface area contributed by atoms with Crippen molar-refractivity contribution in [3.05, 3.63) is 86.8 Å². The Hall–Kier alpha value is -2.93. The summed E-state index contributed by atoms with van der Waals surface area (Å²) >= 11 is 0. The highest BCUT2D eigenvalue weighted by molar-refractivity contribution is 7.50. The van der Waals surface area contributed by atoms with Crippen LogP contribution in [0.15, 0.2) is 47.3 Å². The van der Waals surface area contributed by atoms with E-state index in [1.54, 1.807) is 0 Å². The average molecular weight is 694 g/mol. The van der Waals surface area contributed by atoms with Crippen LogP contribution < -0.4 is 5.69 Å². The molecular weight excluding hydrogens is 671 g/mol. The zero-order valence-electron chi connectivity index (χ0n) is 22.6. The van der Waals surface area contributed by atoms with Gasteiger partial charge in [0.1, 0.15) is 5.82 Å². The summed E-state index contributed by atoms with van der Waals surface area (Å²) in [4.78, 5) is 52.1. The molecule has 1 fully saturated rings. The predicted octanol–water partition coefficient (Wildman–Crippen LogP) is 3.78. The highest BCUT2D eigenvalue weighted by atomic mass is 31.2. The molecule has 0 unspecified atom stereocenters. The van der Waals surface area contributed by atoms with Crippen LogP contribution in [0.3, 0.4) is 0 Å². The number of nitrogens with zero attached hydrogens (tertiary/aromatic N) is 4. The number of alkyl halides is 6. The van der Waals surface area contributed by atoms with Crippen molar-refractivity contribution in [2.45, 2.75) is 44.3 Å². The first kappa shape index (κ1) is 34.9. The molecule has 3 atom stereocenters. The topological polar surface area (TPSA) is 177 Å². The smallest absolute Gasteiger partial charge is 0.349 e. The quantitative estimate of drug-likeness (QED) is 0.199. The van der Waals surface area contributed by atoms with Crippen molar-refractivity contribution >= 4 is 15.5 Å². The van der Waals surface area contributed by atoms with Gasteiger partial charge in [-0.2, -0.15) is 30.7 Å². The van der Waals surface area contributed by atoms with Crippen molar-refractivity contribution in [1.82, 2.24) is 18.8 Å². The van der Waals surface area contributed by atoms with Gasteiger partial charge in [-0.05, 0) is 48.4 Å². The SMILES string of the molecule is C[C@@H](O[C@H]1OCCN(Cc2nn(P(=O)(O)O)c(=O)n2P(=O)(O)O)[C@H]1c1ccc(F)cc1)c1cc(C(F)(F)F)cc(C(F)(F)F)c1. The van der Waals surface area contributed by atoms with Crippen LogP contribution in [0.4, 0.5) is 30.7 Å². The van der Waals surface area contributed by atoms with E-state index in [1.165, 1.54) is 17.0 Å². The summed E-state index contributed by atoms with van der Waals surface area (Å²) in [5.74, 6) is -1.53. The van der Waals surface area contributed by atoms with Crippen LogP contribution in [-0.4, -0.2) is 57.8 Å². The Kier molecular flexibility index (Phi) is 9.59. The predicted molar refractivity (Wildman–Crippen MR) is 137 cm³/mol. The maximum Gasteiger partial charge on any atom is 0.454 e. The Labute approximate surface area is 247 Å². The molecule has 0 amide bonds. The van der Waals surface area contributed by atoms with Crippen molar-refractivity contribution in [3.8, 4) is 0 Å². The molecule has 45 heavy (non-hydrogen) atoms. The van der Waals surface area contributed by atoms with Crippen LogP contribution in [0.2, 0.25) is 0 Å². The van der Waals surface area contributed by atoms with Crippen molar-refractivity contribution in [2.75, 3.05) is 13.2 Å². The van der Waals surface area contributed by atoms with Gasteiger partial charge < -0.3 is 29.0 Å². The van der Waals surface area contributed by atoms with Gasteiger partial charge in [0.05, 0.1) is 36.4 Å². The molecule has 2 heterocycles. The van der Waals surface area contributed by atoms with E-state index < -0.39 is 91.3 Å². The van der Waals surface area contributed by atoms with Crippen LogP contribution in [-0.2, 0) is 37.5 Å². The lowest BCUT2D eigenvalue weighted by molar-refractivity contribution is -0.231. The third kappa shape index (κ3) is 7.90. The van der Waals surface area contributed by atoms with E-state index in [2.05, 4.69) is 5.10 Å². The van der Waals surface area contributed by atoms with E-state index in [1.807, 2.05) is 0 Å². The second-order valence-corrected chi connectivity index (χ2v) is 12.6. The number of ether oxygens (including phenoxy) is 2. The maximum atomic E-state index is 13.8. The summed E-state index contributed by atoms with van der Waals surface area (Å²) in [6.07, 6.45) is -13.3. The lowest BCUT2D eigenvalue weighted by Gasteiger charge is -2.41. The minimum atomic E-state index is -5.57. The largest absolute Gasteiger partial charge is 0.454 e. The van der Waals surface area contributed by atoms with Crippen molar-refractivity contribution in [3.63, 3.8) is 0 Å². The number of hydrogen-bond donors (Lipinski definition) is 4. The fourth-order valence-electron chi connectivity index (χ4n) is 4.60. The van der Waals surface area contributed by atoms with E-state index in [0.29, 0.717) is 12.1 Å². The monoisotopic (exact) mass is 694 g/mol. The molecule has 248 valence electrons. The van der Waals surface area contributed by atoms with E-state index in [9.17, 15) is 64.2 Å². The molecule has 1 aliphatic heterocycles. The van der Waals surface area contributed by atoms with Gasteiger partial charge in [0.2, 0.25) is 0 Å². The minimum Gasteiger partial charge on any atom is -0.349 e. The first-order valence-electron chi connectivity index (χ1n) is 12.5. The molecule has 0 bridgehead atoms. The molecule has 4 rings (SSSR count). The highest BCUT2D eigenvalue weighted by Crippen LogP contribution is 2.42. The molecule has 3 aromatic rings. The van der Waals surface area contributed by atoms with Crippen molar-refractivity contribution in [1.29, 1.82) is 0 Å². The van der Waals surface area contributed by atoms with Crippen molar-refractivity contribution in [2.24, 2.45) is 0 Å². The van der Waals surface area contributed by atoms with Crippen LogP contribution in [0.5, 0.6) is 0 Å². The molecule has 13 nitrogen and oxygen atoms in total. The molecule has 0 aliphatic carbocycles. The lowest BCUT2D eigenvalue weighted by Crippen LogP contribution is -2.46. The summed E-state index contributed by atoms with van der Waals surface area (Å²) in [6.45, 7) is 0.0165. The fraction of sp³-hybridized carbons (Fsp3) is 0.391. The van der Waals surface area contributed by atoms with Gasteiger partial charge in [0.25, 0.3) is 0 Å². The number of halogens is 7. The molecule has 2 aromatic carbocycles. The van der Waals surface area contributed by atoms with E-state index >= 15 is 0 Å². The van der Waals surface area contributed by atoms with Gasteiger partial charge >= 0.3 is 33.5 Å². The Bertz CT molecular complexity index is 1670. The van der Waals surface area contributed by atoms with Gasteiger partial charge in [0.15, 0.2) is 12.1 Å². The second-order valence-electron chi connectivity index (χ2n) is 9.75. The zero-order valence-corrected chi connectivity index (χ0v) is 24.3. The molecule has 22 heteroatoms. The summed E-state index contributed by atoms with van der Waals surface area (Å²) in [5, 5.41) is 3.40. The molecular formula is C23H23F7N4O9P2. The van der Waals surface area contributed by atoms with Gasteiger partial charge in [-0.25, -0.2) is 18.3 Å². The molecule has 1 aromatic heterocycles. The highest BCUT2D eigenvalue weighted by Gasteiger charge is 2.41. The second kappa shape index (κ2) is 12.4.